The molecule has 3 aliphatic heterocycles. The van der Waals surface area contributed by atoms with E-state index >= 15 is 0 Å². The number of fused-ring (bicyclic) bond motifs is 1. The van der Waals surface area contributed by atoms with Crippen LogP contribution < -0.4 is 10.9 Å². The molecule has 0 aliphatic carbocycles. The minimum absolute atomic E-state index is 0.00600. The number of morpholine rings is 1. The van der Waals surface area contributed by atoms with Crippen molar-refractivity contribution in [1.29, 1.82) is 0 Å². The number of carbonyl (C=O) groups excluding carboxylic acids is 1. The fourth-order valence-corrected chi connectivity index (χ4v) is 5.95. The summed E-state index contributed by atoms with van der Waals surface area (Å²) in [5, 5.41) is 3.37. The lowest BCUT2D eigenvalue weighted by atomic mass is 10.2. The van der Waals surface area contributed by atoms with E-state index in [2.05, 4.69) is 10.2 Å². The molecule has 1 atom stereocenters. The minimum atomic E-state index is -0.219. The average molecular weight is 530 g/mol. The summed E-state index contributed by atoms with van der Waals surface area (Å²) >= 11 is 6.72. The molecule has 0 aromatic carbocycles. The molecule has 0 saturated carbocycles. The zero-order valence-electron chi connectivity index (χ0n) is 20.4. The number of hydrogen-bond acceptors (Lipinski definition) is 9. The molecule has 1 amide bonds. The molecule has 0 radical (unpaired) electrons. The van der Waals surface area contributed by atoms with Crippen molar-refractivity contribution in [2.24, 2.45) is 0 Å². The summed E-state index contributed by atoms with van der Waals surface area (Å²) in [5.74, 6) is 0.299. The van der Waals surface area contributed by atoms with Crippen LogP contribution >= 0.6 is 24.0 Å². The molecule has 3 saturated heterocycles. The Balaban J connectivity index is 1.40. The predicted octanol–water partition coefficient (Wildman–Crippen LogP) is 2.52. The average Bonchev–Trinajstić information content (AvgIpc) is 3.49. The molecule has 2 aromatic rings. The molecule has 2 aromatic heterocycles. The molecule has 1 unspecified atom stereocenters. The van der Waals surface area contributed by atoms with Crippen LogP contribution in [0.3, 0.4) is 0 Å². The van der Waals surface area contributed by atoms with Gasteiger partial charge >= 0.3 is 0 Å². The van der Waals surface area contributed by atoms with Gasteiger partial charge in [0.15, 0.2) is 0 Å². The lowest BCUT2D eigenvalue weighted by Crippen LogP contribution is -2.37. The van der Waals surface area contributed by atoms with E-state index in [-0.39, 0.29) is 17.6 Å². The highest BCUT2D eigenvalue weighted by Gasteiger charge is 2.35. The Morgan fingerprint density at radius 1 is 1.28 bits per heavy atom. The monoisotopic (exact) mass is 529 g/mol. The van der Waals surface area contributed by atoms with Crippen molar-refractivity contribution in [2.75, 3.05) is 57.9 Å². The number of amides is 1. The Bertz CT molecular complexity index is 1230. The van der Waals surface area contributed by atoms with Crippen molar-refractivity contribution in [2.45, 2.75) is 32.3 Å². The van der Waals surface area contributed by atoms with Crippen molar-refractivity contribution in [3.63, 3.8) is 0 Å². The third-order valence-corrected chi connectivity index (χ3v) is 8.07. The second kappa shape index (κ2) is 11.4. The Morgan fingerprint density at radius 3 is 2.89 bits per heavy atom. The molecule has 11 heteroatoms. The minimum Gasteiger partial charge on any atom is -0.379 e. The number of aryl methyl sites for hydroxylation is 1. The van der Waals surface area contributed by atoms with E-state index in [4.69, 9.17) is 26.7 Å². The van der Waals surface area contributed by atoms with Crippen LogP contribution in [0.25, 0.3) is 11.7 Å². The number of hydrogen-bond donors (Lipinski definition) is 1. The maximum absolute atomic E-state index is 13.5. The zero-order chi connectivity index (χ0) is 25.1. The van der Waals surface area contributed by atoms with Gasteiger partial charge in [0.1, 0.15) is 15.8 Å². The molecule has 192 valence electrons. The molecule has 0 spiro atoms. The fraction of sp³-hybridized carbons (Fsp3) is 0.520. The van der Waals surface area contributed by atoms with E-state index < -0.39 is 0 Å². The summed E-state index contributed by atoms with van der Waals surface area (Å²) < 4.78 is 13.1. The van der Waals surface area contributed by atoms with Gasteiger partial charge < -0.3 is 14.8 Å². The third-order valence-electron chi connectivity index (χ3n) is 6.69. The molecule has 0 bridgehead atoms. The highest BCUT2D eigenvalue weighted by Crippen LogP contribution is 2.34. The molecular weight excluding hydrogens is 498 g/mol. The van der Waals surface area contributed by atoms with E-state index in [0.717, 1.165) is 64.3 Å². The van der Waals surface area contributed by atoms with Crippen LogP contribution in [0.2, 0.25) is 0 Å². The molecule has 5 rings (SSSR count). The molecular formula is C25H31N5O4S2. The van der Waals surface area contributed by atoms with Gasteiger partial charge in [-0.1, -0.05) is 30.0 Å². The van der Waals surface area contributed by atoms with E-state index in [1.165, 1.54) is 16.2 Å². The smallest absolute Gasteiger partial charge is 0.267 e. The van der Waals surface area contributed by atoms with Gasteiger partial charge in [0.2, 0.25) is 0 Å². The lowest BCUT2D eigenvalue weighted by Gasteiger charge is -2.26. The fourth-order valence-electron chi connectivity index (χ4n) is 4.69. The third kappa shape index (κ3) is 5.50. The number of aromatic nitrogens is 2. The summed E-state index contributed by atoms with van der Waals surface area (Å²) in [6.07, 6.45) is 6.17. The topological polar surface area (TPSA) is 88.4 Å². The first kappa shape index (κ1) is 25.3. The van der Waals surface area contributed by atoms with Crippen LogP contribution in [0.4, 0.5) is 5.82 Å². The van der Waals surface area contributed by atoms with E-state index in [9.17, 15) is 9.59 Å². The second-order valence-corrected chi connectivity index (χ2v) is 10.9. The summed E-state index contributed by atoms with van der Waals surface area (Å²) in [6.45, 7) is 8.11. The summed E-state index contributed by atoms with van der Waals surface area (Å²) in [7, 11) is 0. The van der Waals surface area contributed by atoms with Crippen LogP contribution in [0.15, 0.2) is 28.0 Å². The Labute approximate surface area is 219 Å². The van der Waals surface area contributed by atoms with Crippen LogP contribution in [-0.4, -0.2) is 88.1 Å². The molecule has 36 heavy (non-hydrogen) atoms. The number of thiocarbonyl (C=S) groups is 1. The van der Waals surface area contributed by atoms with Gasteiger partial charge in [-0.2, -0.15) is 0 Å². The highest BCUT2D eigenvalue weighted by molar-refractivity contribution is 8.26. The number of anilines is 1. The van der Waals surface area contributed by atoms with Crippen molar-refractivity contribution in [1.82, 2.24) is 19.2 Å². The molecule has 3 fully saturated rings. The maximum Gasteiger partial charge on any atom is 0.267 e. The summed E-state index contributed by atoms with van der Waals surface area (Å²) in [6, 6.07) is 3.76. The highest BCUT2D eigenvalue weighted by atomic mass is 32.2. The Kier molecular flexibility index (Phi) is 8.02. The molecule has 9 nitrogen and oxygen atoms in total. The second-order valence-electron chi connectivity index (χ2n) is 9.23. The van der Waals surface area contributed by atoms with Crippen molar-refractivity contribution in [3.05, 3.63) is 44.7 Å². The summed E-state index contributed by atoms with van der Waals surface area (Å²) in [5.41, 5.74) is 1.65. The SMILES string of the molecule is Cc1cccn2c(=O)c(/C=C3\SC(=S)N(CC4CCCO4)C3=O)c(NCCCN3CCOCC3)nc12. The van der Waals surface area contributed by atoms with E-state index in [0.29, 0.717) is 39.3 Å². The number of nitrogens with one attached hydrogen (secondary N) is 1. The lowest BCUT2D eigenvalue weighted by molar-refractivity contribution is -0.123. The van der Waals surface area contributed by atoms with Crippen molar-refractivity contribution < 1.29 is 14.3 Å². The molecule has 5 heterocycles. The van der Waals surface area contributed by atoms with Gasteiger partial charge in [-0.05, 0) is 50.4 Å². The van der Waals surface area contributed by atoms with Gasteiger partial charge in [-0.3, -0.25) is 23.8 Å². The van der Waals surface area contributed by atoms with Crippen LogP contribution in [0.1, 0.15) is 30.4 Å². The first-order valence-corrected chi connectivity index (χ1v) is 13.7. The van der Waals surface area contributed by atoms with E-state index in [1.54, 1.807) is 17.2 Å². The zero-order valence-corrected chi connectivity index (χ0v) is 22.0. The number of thioether (sulfide) groups is 1. The molecule has 1 N–H and O–H groups in total. The van der Waals surface area contributed by atoms with Gasteiger partial charge in [0.05, 0.1) is 36.3 Å². The number of pyridine rings is 1. The molecule has 3 aliphatic rings. The first-order valence-electron chi connectivity index (χ1n) is 12.4. The normalized spacial score (nSPS) is 22.3. The van der Waals surface area contributed by atoms with Crippen LogP contribution in [0, 0.1) is 6.92 Å². The quantitative estimate of drug-likeness (QED) is 0.315. The van der Waals surface area contributed by atoms with Crippen molar-refractivity contribution in [3.8, 4) is 0 Å². The van der Waals surface area contributed by atoms with E-state index in [1.807, 2.05) is 19.1 Å². The maximum atomic E-state index is 13.5. The van der Waals surface area contributed by atoms with Crippen LogP contribution in [0.5, 0.6) is 0 Å². The Hall–Kier alpha value is -2.31. The number of nitrogens with zero attached hydrogens (tertiary/aromatic N) is 4. The van der Waals surface area contributed by atoms with Crippen molar-refractivity contribution >= 4 is 51.7 Å². The predicted molar refractivity (Wildman–Crippen MR) is 145 cm³/mol. The largest absolute Gasteiger partial charge is 0.379 e. The van der Waals surface area contributed by atoms with Crippen LogP contribution in [-0.2, 0) is 14.3 Å². The number of ether oxygens (including phenoxy) is 2. The standard InChI is InChI=1S/C25H31N5O4S2/c1-17-5-2-9-29-22(17)27-21(26-7-4-8-28-10-13-33-14-11-28)19(23(29)31)15-20-24(32)30(25(35)36-20)16-18-6-3-12-34-18/h2,5,9,15,18,26H,3-4,6-8,10-14,16H2,1H3/b20-15-. The van der Waals surface area contributed by atoms with Gasteiger partial charge in [0, 0.05) is 32.4 Å². The first-order chi connectivity index (χ1) is 17.5. The number of carbonyl (C=O) groups is 1. The van der Waals surface area contributed by atoms with Gasteiger partial charge in [0.25, 0.3) is 11.5 Å². The number of rotatable bonds is 8. The Morgan fingerprint density at radius 2 is 2.11 bits per heavy atom. The van der Waals surface area contributed by atoms with Gasteiger partial charge in [-0.25, -0.2) is 4.98 Å². The summed E-state index contributed by atoms with van der Waals surface area (Å²) in [4.78, 5) is 35.9. The van der Waals surface area contributed by atoms with Gasteiger partial charge in [-0.15, -0.1) is 0 Å².